The Morgan fingerprint density at radius 1 is 1.26 bits per heavy atom. The fourth-order valence-electron chi connectivity index (χ4n) is 5.11. The van der Waals surface area contributed by atoms with Gasteiger partial charge in [0, 0.05) is 41.5 Å². The number of halogens is 1. The van der Waals surface area contributed by atoms with Gasteiger partial charge in [-0.2, -0.15) is 9.61 Å². The Morgan fingerprint density at radius 3 is 2.60 bits per heavy atom. The number of nitrogens with zero attached hydrogens (tertiary/aromatic N) is 4. The van der Waals surface area contributed by atoms with E-state index in [1.54, 1.807) is 28.9 Å². The van der Waals surface area contributed by atoms with Gasteiger partial charge in [0.05, 0.1) is 16.5 Å². The van der Waals surface area contributed by atoms with Crippen molar-refractivity contribution in [1.29, 1.82) is 0 Å². The lowest BCUT2D eigenvalue weighted by Gasteiger charge is -2.34. The molecule has 1 fully saturated rings. The van der Waals surface area contributed by atoms with E-state index in [-0.39, 0.29) is 10.9 Å². The predicted molar refractivity (Wildman–Crippen MR) is 135 cm³/mol. The molecule has 2 atom stereocenters. The predicted octanol–water partition coefficient (Wildman–Crippen LogP) is 3.78. The largest absolute Gasteiger partial charge is 0.481 e. The molecule has 1 aliphatic rings. The summed E-state index contributed by atoms with van der Waals surface area (Å²) in [6.45, 7) is 6.62. The first-order chi connectivity index (χ1) is 16.6. The van der Waals surface area contributed by atoms with Crippen molar-refractivity contribution in [1.82, 2.24) is 19.3 Å². The van der Waals surface area contributed by atoms with Crippen LogP contribution in [0.15, 0.2) is 41.4 Å². The number of aryl methyl sites for hydroxylation is 1. The molecule has 3 aromatic rings. The number of carboxylic acids is 1. The molecule has 4 rings (SSSR count). The summed E-state index contributed by atoms with van der Waals surface area (Å²) in [6.07, 6.45) is 3.76. The average Bonchev–Trinajstić information content (AvgIpc) is 3.46. The maximum absolute atomic E-state index is 12.9. The summed E-state index contributed by atoms with van der Waals surface area (Å²) in [5.41, 5.74) is 0.795. The minimum Gasteiger partial charge on any atom is -0.481 e. The van der Waals surface area contributed by atoms with Gasteiger partial charge in [0.15, 0.2) is 5.65 Å². The molecule has 0 aliphatic carbocycles. The number of carbonyl (C=O) groups is 1. The van der Waals surface area contributed by atoms with Crippen LogP contribution in [-0.4, -0.2) is 53.2 Å². The second-order valence-corrected chi connectivity index (χ2v) is 11.1. The number of benzene rings is 1. The van der Waals surface area contributed by atoms with E-state index in [2.05, 4.69) is 14.8 Å². The van der Waals surface area contributed by atoms with Crippen LogP contribution in [0.2, 0.25) is 5.02 Å². The fraction of sp³-hybridized carbons (Fsp3) is 0.458. The van der Waals surface area contributed by atoms with Crippen molar-refractivity contribution in [3.63, 3.8) is 0 Å². The highest BCUT2D eigenvalue weighted by atomic mass is 35.5. The Hall–Kier alpha value is -2.69. The van der Waals surface area contributed by atoms with Gasteiger partial charge in [-0.1, -0.05) is 31.9 Å². The van der Waals surface area contributed by atoms with Gasteiger partial charge in [0.2, 0.25) is 10.0 Å². The van der Waals surface area contributed by atoms with Crippen LogP contribution in [0.3, 0.4) is 0 Å². The van der Waals surface area contributed by atoms with Gasteiger partial charge in [-0.15, -0.1) is 0 Å². The van der Waals surface area contributed by atoms with Crippen LogP contribution in [0.1, 0.15) is 50.8 Å². The number of aromatic nitrogens is 3. The minimum absolute atomic E-state index is 0.147. The molecule has 0 radical (unpaired) electrons. The van der Waals surface area contributed by atoms with E-state index < -0.39 is 21.4 Å². The van der Waals surface area contributed by atoms with E-state index in [0.29, 0.717) is 66.5 Å². The SMILES string of the molecule is CCCC(CC)(C(=O)O)c1c(C)nc2ccnn2c1N1CC[C@@H](NS(=O)(=O)c2ccc(Cl)cc2)C1. The van der Waals surface area contributed by atoms with Crippen LogP contribution in [0, 0.1) is 6.92 Å². The molecule has 0 bridgehead atoms. The standard InChI is InChI=1S/C24H30ClN5O4S/c1-4-12-24(5-2,23(31)32)21-16(3)27-20-10-13-26-30(20)22(21)29-14-11-18(15-29)28-35(33,34)19-8-6-17(25)7-9-19/h6-10,13,18,28H,4-5,11-12,14-15H2,1-3H3,(H,31,32)/t18-,24?/m1/s1. The molecule has 35 heavy (non-hydrogen) atoms. The number of carboxylic acid groups (broad SMARTS) is 1. The zero-order valence-electron chi connectivity index (χ0n) is 20.0. The normalized spacial score (nSPS) is 18.2. The summed E-state index contributed by atoms with van der Waals surface area (Å²) < 4.78 is 30.3. The summed E-state index contributed by atoms with van der Waals surface area (Å²) in [5, 5.41) is 15.3. The van der Waals surface area contributed by atoms with E-state index in [1.165, 1.54) is 12.1 Å². The lowest BCUT2D eigenvalue weighted by molar-refractivity contribution is -0.144. The molecule has 11 heteroatoms. The van der Waals surface area contributed by atoms with Crippen molar-refractivity contribution in [2.45, 2.75) is 62.8 Å². The zero-order valence-corrected chi connectivity index (χ0v) is 21.6. The third-order valence-corrected chi connectivity index (χ3v) is 8.58. The zero-order chi connectivity index (χ0) is 25.4. The van der Waals surface area contributed by atoms with Gasteiger partial charge in [0.25, 0.3) is 0 Å². The lowest BCUT2D eigenvalue weighted by Crippen LogP contribution is -2.41. The van der Waals surface area contributed by atoms with Crippen molar-refractivity contribution in [3.05, 3.63) is 52.8 Å². The highest BCUT2D eigenvalue weighted by Crippen LogP contribution is 2.42. The number of aliphatic carboxylic acids is 1. The third-order valence-electron chi connectivity index (χ3n) is 6.79. The van der Waals surface area contributed by atoms with Crippen molar-refractivity contribution < 1.29 is 18.3 Å². The average molecular weight is 520 g/mol. The van der Waals surface area contributed by atoms with Crippen molar-refractivity contribution in [3.8, 4) is 0 Å². The highest BCUT2D eigenvalue weighted by molar-refractivity contribution is 7.89. The fourth-order valence-corrected chi connectivity index (χ4v) is 6.50. The summed E-state index contributed by atoms with van der Waals surface area (Å²) in [7, 11) is -3.74. The molecule has 9 nitrogen and oxygen atoms in total. The van der Waals surface area contributed by atoms with E-state index in [1.807, 2.05) is 25.7 Å². The first kappa shape index (κ1) is 25.4. The van der Waals surface area contributed by atoms with Gasteiger partial charge in [-0.3, -0.25) is 4.79 Å². The molecule has 0 saturated carbocycles. The molecule has 2 N–H and O–H groups in total. The minimum atomic E-state index is -3.74. The van der Waals surface area contributed by atoms with Crippen molar-refractivity contribution in [2.75, 3.05) is 18.0 Å². The Morgan fingerprint density at radius 2 is 1.97 bits per heavy atom. The van der Waals surface area contributed by atoms with Gasteiger partial charge < -0.3 is 10.0 Å². The molecule has 1 unspecified atom stereocenters. The molecular weight excluding hydrogens is 490 g/mol. The Labute approximate surface area is 210 Å². The van der Waals surface area contributed by atoms with Crippen LogP contribution in [0.5, 0.6) is 0 Å². The molecule has 188 valence electrons. The van der Waals surface area contributed by atoms with E-state index >= 15 is 0 Å². The van der Waals surface area contributed by atoms with E-state index in [9.17, 15) is 18.3 Å². The topological polar surface area (TPSA) is 117 Å². The first-order valence-electron chi connectivity index (χ1n) is 11.7. The molecule has 1 aromatic carbocycles. The number of hydrogen-bond donors (Lipinski definition) is 2. The second kappa shape index (κ2) is 9.75. The molecule has 3 heterocycles. The molecular formula is C24H30ClN5O4S. The molecule has 2 aromatic heterocycles. The maximum atomic E-state index is 12.9. The summed E-state index contributed by atoms with van der Waals surface area (Å²) in [5.74, 6) is -0.220. The first-order valence-corrected chi connectivity index (χ1v) is 13.6. The quantitative estimate of drug-likeness (QED) is 0.441. The van der Waals surface area contributed by atoms with Crippen molar-refractivity contribution in [2.24, 2.45) is 0 Å². The van der Waals surface area contributed by atoms with Gasteiger partial charge in [-0.25, -0.2) is 18.1 Å². The summed E-state index contributed by atoms with van der Waals surface area (Å²) >= 11 is 5.90. The molecule has 1 aliphatic heterocycles. The van der Waals surface area contributed by atoms with Gasteiger partial charge >= 0.3 is 5.97 Å². The van der Waals surface area contributed by atoms with Crippen LogP contribution in [-0.2, 0) is 20.2 Å². The van der Waals surface area contributed by atoms with Crippen LogP contribution in [0.25, 0.3) is 5.65 Å². The molecule has 1 saturated heterocycles. The van der Waals surface area contributed by atoms with E-state index in [4.69, 9.17) is 11.6 Å². The van der Waals surface area contributed by atoms with E-state index in [0.717, 1.165) is 0 Å². The second-order valence-electron chi connectivity index (χ2n) is 8.99. The van der Waals surface area contributed by atoms with Crippen LogP contribution in [0.4, 0.5) is 5.82 Å². The third kappa shape index (κ3) is 4.62. The summed E-state index contributed by atoms with van der Waals surface area (Å²) in [6, 6.07) is 7.47. The maximum Gasteiger partial charge on any atom is 0.314 e. The number of anilines is 1. The van der Waals surface area contributed by atoms with Gasteiger partial charge in [0.1, 0.15) is 5.82 Å². The number of nitrogens with one attached hydrogen (secondary N) is 1. The Bertz CT molecular complexity index is 1340. The number of fused-ring (bicyclic) bond motifs is 1. The monoisotopic (exact) mass is 519 g/mol. The van der Waals surface area contributed by atoms with Crippen LogP contribution >= 0.6 is 11.6 Å². The smallest absolute Gasteiger partial charge is 0.314 e. The number of sulfonamides is 1. The number of rotatable bonds is 9. The molecule has 0 spiro atoms. The lowest BCUT2D eigenvalue weighted by atomic mass is 9.73. The Kier molecular flexibility index (Phi) is 7.08. The highest BCUT2D eigenvalue weighted by Gasteiger charge is 2.44. The van der Waals surface area contributed by atoms with Gasteiger partial charge in [-0.05, 0) is 50.5 Å². The number of hydrogen-bond acceptors (Lipinski definition) is 6. The van der Waals surface area contributed by atoms with Crippen LogP contribution < -0.4 is 9.62 Å². The Balaban J connectivity index is 1.74. The summed E-state index contributed by atoms with van der Waals surface area (Å²) in [4.78, 5) is 19.5. The molecule has 0 amide bonds. The van der Waals surface area contributed by atoms with Crippen molar-refractivity contribution >= 4 is 39.1 Å².